The van der Waals surface area contributed by atoms with E-state index in [2.05, 4.69) is 15.2 Å². The monoisotopic (exact) mass is 380 g/mol. The maximum atomic E-state index is 12.8. The van der Waals surface area contributed by atoms with Gasteiger partial charge in [0.05, 0.1) is 18.5 Å². The molecule has 0 spiro atoms. The Morgan fingerprint density at radius 1 is 1.54 bits per heavy atom. The Balaban J connectivity index is 1.65. The largest absolute Gasteiger partial charge is 0.455 e. The molecule has 0 aliphatic carbocycles. The molecule has 1 saturated heterocycles. The second-order valence-corrected chi connectivity index (χ2v) is 7.61. The highest BCUT2D eigenvalue weighted by atomic mass is 32.2. The van der Waals surface area contributed by atoms with Gasteiger partial charge in [0.15, 0.2) is 10.9 Å². The predicted molar refractivity (Wildman–Crippen MR) is 95.6 cm³/mol. The van der Waals surface area contributed by atoms with Crippen molar-refractivity contribution in [2.45, 2.75) is 43.2 Å². The number of aliphatic hydroxyl groups is 2. The third kappa shape index (κ3) is 3.94. The molecule has 3 heterocycles. The molecule has 2 aromatic rings. The van der Waals surface area contributed by atoms with Crippen LogP contribution in [0.1, 0.15) is 42.5 Å². The number of thioether (sulfide) groups is 1. The summed E-state index contributed by atoms with van der Waals surface area (Å²) in [5.41, 5.74) is -0.653. The number of hydrogen-bond acceptors (Lipinski definition) is 7. The summed E-state index contributed by atoms with van der Waals surface area (Å²) in [5, 5.41) is 27.4. The third-order valence-corrected chi connectivity index (χ3v) is 5.75. The Kier molecular flexibility index (Phi) is 6.00. The molecular weight excluding hydrogens is 356 g/mol. The van der Waals surface area contributed by atoms with Crippen LogP contribution in [0.2, 0.25) is 0 Å². The second kappa shape index (κ2) is 8.24. The number of carbonyl (C=O) groups is 1. The van der Waals surface area contributed by atoms with Gasteiger partial charge in [0.25, 0.3) is 5.91 Å². The van der Waals surface area contributed by atoms with Crippen LogP contribution in [0.3, 0.4) is 0 Å². The standard InChI is InChI=1S/C17H24N4O4S/c1-2-6-17(10-22)9-21(7-5-14(17)23)15(24)13-4-3-12(25-13)8-26-16-18-11-19-20-16/h3-4,11,14,22-23H,2,5-10H2,1H3,(H,18,19,20)/t14-,17+/m1/s1. The number of aliphatic hydroxyl groups excluding tert-OH is 2. The maximum Gasteiger partial charge on any atom is 0.289 e. The normalized spacial score (nSPS) is 23.3. The number of furan rings is 1. The van der Waals surface area contributed by atoms with Crippen LogP contribution in [0, 0.1) is 5.41 Å². The number of nitrogens with one attached hydrogen (secondary N) is 1. The number of likely N-dealkylation sites (tertiary alicyclic amines) is 1. The van der Waals surface area contributed by atoms with Crippen LogP contribution >= 0.6 is 11.8 Å². The first-order chi connectivity index (χ1) is 12.6. The molecule has 0 unspecified atom stereocenters. The van der Waals surface area contributed by atoms with E-state index in [0.717, 1.165) is 6.42 Å². The number of nitrogens with zero attached hydrogens (tertiary/aromatic N) is 3. The Labute approximate surface area is 156 Å². The molecule has 1 aliphatic rings. The summed E-state index contributed by atoms with van der Waals surface area (Å²) >= 11 is 1.44. The van der Waals surface area contributed by atoms with Crippen LogP contribution < -0.4 is 0 Å². The molecular formula is C17H24N4O4S. The minimum Gasteiger partial charge on any atom is -0.455 e. The molecule has 9 heteroatoms. The van der Waals surface area contributed by atoms with Crippen molar-refractivity contribution in [1.82, 2.24) is 20.1 Å². The Hall–Kier alpha value is -1.84. The van der Waals surface area contributed by atoms with Crippen LogP contribution in [0.15, 0.2) is 28.0 Å². The lowest BCUT2D eigenvalue weighted by molar-refractivity contribution is -0.0724. The van der Waals surface area contributed by atoms with Crippen LogP contribution in [-0.4, -0.2) is 62.0 Å². The molecule has 1 amide bonds. The molecule has 1 fully saturated rings. The van der Waals surface area contributed by atoms with E-state index in [1.165, 1.54) is 18.1 Å². The molecule has 1 aliphatic heterocycles. The lowest BCUT2D eigenvalue weighted by atomic mass is 9.74. The minimum absolute atomic E-state index is 0.136. The SMILES string of the molecule is CCC[C@@]1(CO)CN(C(=O)c2ccc(CSc3ncn[nH]3)o2)CC[C@H]1O. The molecule has 8 nitrogen and oxygen atoms in total. The van der Waals surface area contributed by atoms with E-state index in [0.29, 0.717) is 42.6 Å². The average Bonchev–Trinajstić information content (AvgIpc) is 3.33. The van der Waals surface area contributed by atoms with Crippen molar-refractivity contribution < 1.29 is 19.4 Å². The van der Waals surface area contributed by atoms with E-state index >= 15 is 0 Å². The van der Waals surface area contributed by atoms with Crippen LogP contribution in [-0.2, 0) is 5.75 Å². The number of piperidine rings is 1. The number of carbonyl (C=O) groups excluding carboxylic acids is 1. The van der Waals surface area contributed by atoms with Crippen LogP contribution in [0.25, 0.3) is 0 Å². The molecule has 3 N–H and O–H groups in total. The number of amides is 1. The van der Waals surface area contributed by atoms with Gasteiger partial charge < -0.3 is 19.5 Å². The van der Waals surface area contributed by atoms with Gasteiger partial charge in [-0.2, -0.15) is 5.10 Å². The summed E-state index contributed by atoms with van der Waals surface area (Å²) in [6.07, 6.45) is 2.81. The number of aromatic nitrogens is 3. The molecule has 0 radical (unpaired) electrons. The van der Waals surface area contributed by atoms with Gasteiger partial charge in [-0.1, -0.05) is 25.1 Å². The van der Waals surface area contributed by atoms with E-state index in [1.807, 2.05) is 6.92 Å². The average molecular weight is 380 g/mol. The van der Waals surface area contributed by atoms with Gasteiger partial charge in [-0.15, -0.1) is 0 Å². The zero-order chi connectivity index (χ0) is 18.6. The molecule has 0 aromatic carbocycles. The smallest absolute Gasteiger partial charge is 0.289 e. The molecule has 0 bridgehead atoms. The van der Waals surface area contributed by atoms with Crippen molar-refractivity contribution in [1.29, 1.82) is 0 Å². The quantitative estimate of drug-likeness (QED) is 0.626. The summed E-state index contributed by atoms with van der Waals surface area (Å²) in [6.45, 7) is 2.66. The van der Waals surface area contributed by atoms with E-state index in [-0.39, 0.29) is 18.3 Å². The molecule has 2 aromatic heterocycles. The first kappa shape index (κ1) is 18.9. The fraction of sp³-hybridized carbons (Fsp3) is 0.588. The summed E-state index contributed by atoms with van der Waals surface area (Å²) < 4.78 is 5.69. The van der Waals surface area contributed by atoms with Gasteiger partial charge in [-0.3, -0.25) is 9.89 Å². The van der Waals surface area contributed by atoms with Crippen molar-refractivity contribution in [3.8, 4) is 0 Å². The maximum absolute atomic E-state index is 12.8. The number of hydrogen-bond donors (Lipinski definition) is 3. The Morgan fingerprint density at radius 3 is 3.08 bits per heavy atom. The van der Waals surface area contributed by atoms with E-state index < -0.39 is 11.5 Å². The van der Waals surface area contributed by atoms with Crippen molar-refractivity contribution in [3.05, 3.63) is 30.0 Å². The van der Waals surface area contributed by atoms with E-state index in [1.54, 1.807) is 17.0 Å². The van der Waals surface area contributed by atoms with Gasteiger partial charge in [0.1, 0.15) is 12.1 Å². The van der Waals surface area contributed by atoms with Gasteiger partial charge >= 0.3 is 0 Å². The zero-order valence-corrected chi connectivity index (χ0v) is 15.5. The summed E-state index contributed by atoms with van der Waals surface area (Å²) in [5.74, 6) is 1.28. The number of H-pyrrole nitrogens is 1. The molecule has 2 atom stereocenters. The van der Waals surface area contributed by atoms with Crippen molar-refractivity contribution >= 4 is 17.7 Å². The fourth-order valence-corrected chi connectivity index (χ4v) is 4.10. The van der Waals surface area contributed by atoms with Crippen LogP contribution in [0.4, 0.5) is 0 Å². The summed E-state index contributed by atoms with van der Waals surface area (Å²) in [4.78, 5) is 18.5. The number of aromatic amines is 1. The lowest BCUT2D eigenvalue weighted by Gasteiger charge is -2.45. The summed E-state index contributed by atoms with van der Waals surface area (Å²) in [7, 11) is 0. The zero-order valence-electron chi connectivity index (χ0n) is 14.7. The first-order valence-electron chi connectivity index (χ1n) is 8.73. The van der Waals surface area contributed by atoms with Crippen molar-refractivity contribution in [3.63, 3.8) is 0 Å². The second-order valence-electron chi connectivity index (χ2n) is 6.65. The van der Waals surface area contributed by atoms with E-state index in [9.17, 15) is 15.0 Å². The van der Waals surface area contributed by atoms with Gasteiger partial charge in [0.2, 0.25) is 0 Å². The highest BCUT2D eigenvalue weighted by Gasteiger charge is 2.43. The highest BCUT2D eigenvalue weighted by molar-refractivity contribution is 7.98. The van der Waals surface area contributed by atoms with Crippen molar-refractivity contribution in [2.75, 3.05) is 19.7 Å². The third-order valence-electron chi connectivity index (χ3n) is 4.85. The van der Waals surface area contributed by atoms with Gasteiger partial charge in [-0.05, 0) is 25.0 Å². The minimum atomic E-state index is -0.653. The van der Waals surface area contributed by atoms with E-state index in [4.69, 9.17) is 4.42 Å². The van der Waals surface area contributed by atoms with Crippen LogP contribution in [0.5, 0.6) is 0 Å². The summed E-state index contributed by atoms with van der Waals surface area (Å²) in [6, 6.07) is 3.45. The molecule has 3 rings (SSSR count). The fourth-order valence-electron chi connectivity index (χ4n) is 3.43. The highest BCUT2D eigenvalue weighted by Crippen LogP contribution is 2.35. The topological polar surface area (TPSA) is 115 Å². The Morgan fingerprint density at radius 2 is 2.38 bits per heavy atom. The number of rotatable bonds is 7. The predicted octanol–water partition coefficient (Wildman–Crippen LogP) is 1.68. The lowest BCUT2D eigenvalue weighted by Crippen LogP contribution is -2.55. The Bertz CT molecular complexity index is 720. The molecule has 26 heavy (non-hydrogen) atoms. The van der Waals surface area contributed by atoms with Crippen molar-refractivity contribution in [2.24, 2.45) is 5.41 Å². The first-order valence-corrected chi connectivity index (χ1v) is 9.71. The molecule has 142 valence electrons. The van der Waals surface area contributed by atoms with Gasteiger partial charge in [-0.25, -0.2) is 4.98 Å². The van der Waals surface area contributed by atoms with Gasteiger partial charge in [0, 0.05) is 18.5 Å². The molecule has 0 saturated carbocycles.